The number of aliphatic hydroxyl groups is 1. The highest BCUT2D eigenvalue weighted by Crippen LogP contribution is 2.32. The van der Waals surface area contributed by atoms with E-state index in [9.17, 15) is 8.94 Å². The highest BCUT2D eigenvalue weighted by molar-refractivity contribution is 7.89. The maximum absolute atomic E-state index is 14.5. The lowest BCUT2D eigenvalue weighted by Gasteiger charge is -2.14. The summed E-state index contributed by atoms with van der Waals surface area (Å²) in [6.45, 7) is 0.0783. The summed E-state index contributed by atoms with van der Waals surface area (Å²) in [6.07, 6.45) is 0. The highest BCUT2D eigenvalue weighted by atomic mass is 32.2. The van der Waals surface area contributed by atoms with Crippen LogP contribution >= 0.6 is 11.3 Å². The molecule has 0 bridgehead atoms. The van der Waals surface area contributed by atoms with E-state index >= 15 is 0 Å². The minimum atomic E-state index is -1.51. The van der Waals surface area contributed by atoms with Gasteiger partial charge in [-0.2, -0.15) is 0 Å². The van der Waals surface area contributed by atoms with Crippen molar-refractivity contribution in [1.82, 2.24) is 14.9 Å². The zero-order valence-electron chi connectivity index (χ0n) is 13.0. The highest BCUT2D eigenvalue weighted by Gasteiger charge is 2.19. The smallest absolute Gasteiger partial charge is 0.203 e. The van der Waals surface area contributed by atoms with Gasteiger partial charge in [-0.25, -0.2) is 4.39 Å². The molecule has 25 heavy (non-hydrogen) atoms. The molecule has 0 aliphatic heterocycles. The maximum atomic E-state index is 14.5. The Labute approximate surface area is 150 Å². The van der Waals surface area contributed by atoms with E-state index in [-0.39, 0.29) is 18.3 Å². The number of anilines is 1. The average Bonchev–Trinajstić information content (AvgIpc) is 3.05. The van der Waals surface area contributed by atoms with Gasteiger partial charge in [0.1, 0.15) is 5.82 Å². The fourth-order valence-corrected chi connectivity index (χ4v) is 3.94. The summed E-state index contributed by atoms with van der Waals surface area (Å²) in [6, 6.07) is 11.7. The van der Waals surface area contributed by atoms with Crippen molar-refractivity contribution in [1.29, 1.82) is 0 Å². The van der Waals surface area contributed by atoms with Crippen LogP contribution in [0.15, 0.2) is 47.4 Å². The molecule has 3 aromatic rings. The number of nitrogens with two attached hydrogens (primary N) is 1. The molecule has 0 amide bonds. The van der Waals surface area contributed by atoms with Crippen molar-refractivity contribution < 1.29 is 14.0 Å². The second-order valence-corrected chi connectivity index (χ2v) is 7.30. The number of hydrogen-bond donors (Lipinski definition) is 3. The van der Waals surface area contributed by atoms with Gasteiger partial charge >= 0.3 is 0 Å². The second-order valence-electron chi connectivity index (χ2n) is 5.02. The lowest BCUT2D eigenvalue weighted by molar-refractivity contribution is 0.301. The van der Waals surface area contributed by atoms with Crippen LogP contribution in [0.25, 0.3) is 21.7 Å². The zero-order valence-corrected chi connectivity index (χ0v) is 14.6. The van der Waals surface area contributed by atoms with E-state index in [1.54, 1.807) is 36.4 Å². The normalized spacial score (nSPS) is 12.3. The molecule has 0 radical (unpaired) electrons. The summed E-state index contributed by atoms with van der Waals surface area (Å²) in [4.78, 5) is 0.517. The first-order valence-corrected chi connectivity index (χ1v) is 9.31. The number of nitrogen functional groups attached to an aromatic ring is 1. The first-order valence-electron chi connectivity index (χ1n) is 7.34. The molecule has 0 fully saturated rings. The van der Waals surface area contributed by atoms with Crippen molar-refractivity contribution in [3.05, 3.63) is 48.3 Å². The van der Waals surface area contributed by atoms with Gasteiger partial charge in [0.25, 0.3) is 0 Å². The Morgan fingerprint density at radius 2 is 2.00 bits per heavy atom. The van der Waals surface area contributed by atoms with E-state index in [0.29, 0.717) is 26.6 Å². The Kier molecular flexibility index (Phi) is 5.61. The van der Waals surface area contributed by atoms with Gasteiger partial charge in [-0.3, -0.25) is 0 Å². The lowest BCUT2D eigenvalue weighted by Crippen LogP contribution is -2.27. The Balaban J connectivity index is 1.96. The van der Waals surface area contributed by atoms with Crippen LogP contribution in [0.1, 0.15) is 0 Å². The third kappa shape index (κ3) is 3.97. The number of hydrogen-bond acceptors (Lipinski definition) is 7. The van der Waals surface area contributed by atoms with Crippen LogP contribution in [-0.2, 0) is 11.4 Å². The number of rotatable bonds is 6. The minimum Gasteiger partial charge on any atom is -0.593 e. The molecule has 1 heterocycles. The molecule has 1 atom stereocenters. The summed E-state index contributed by atoms with van der Waals surface area (Å²) in [5.41, 5.74) is 7.10. The van der Waals surface area contributed by atoms with Crippen molar-refractivity contribution in [2.24, 2.45) is 0 Å². The van der Waals surface area contributed by atoms with E-state index in [1.807, 2.05) is 0 Å². The summed E-state index contributed by atoms with van der Waals surface area (Å²) < 4.78 is 29.6. The minimum absolute atomic E-state index is 0.123. The first kappa shape index (κ1) is 17.8. The monoisotopic (exact) mass is 378 g/mol. The van der Waals surface area contributed by atoms with Crippen molar-refractivity contribution in [3.63, 3.8) is 0 Å². The molecule has 4 N–H and O–H groups in total. The van der Waals surface area contributed by atoms with Crippen molar-refractivity contribution in [2.75, 3.05) is 18.9 Å². The van der Waals surface area contributed by atoms with Crippen LogP contribution in [0.4, 0.5) is 9.52 Å². The first-order chi connectivity index (χ1) is 12.1. The summed E-state index contributed by atoms with van der Waals surface area (Å²) >= 11 is -0.402. The number of benzene rings is 2. The van der Waals surface area contributed by atoms with E-state index in [1.165, 1.54) is 6.07 Å². The van der Waals surface area contributed by atoms with Gasteiger partial charge in [0.2, 0.25) is 5.13 Å². The van der Waals surface area contributed by atoms with E-state index in [0.717, 1.165) is 11.3 Å². The van der Waals surface area contributed by atoms with E-state index in [2.05, 4.69) is 14.9 Å². The Bertz CT molecular complexity index is 875. The Morgan fingerprint density at radius 3 is 2.68 bits per heavy atom. The Hall–Kier alpha value is -2.04. The van der Waals surface area contributed by atoms with Crippen LogP contribution in [0.3, 0.4) is 0 Å². The molecule has 0 aliphatic carbocycles. The lowest BCUT2D eigenvalue weighted by atomic mass is 10.0. The SMILES string of the molecule is Nc1nnc(-c2ccc(-c3ccccc3[S+]([O-])NCCO)cc2F)s1. The molecular formula is C16H15FN4O2S2. The number of aliphatic hydroxyl groups excluding tert-OH is 1. The number of nitrogens with one attached hydrogen (secondary N) is 1. The van der Waals surface area contributed by atoms with E-state index < -0.39 is 17.2 Å². The molecule has 0 saturated heterocycles. The fraction of sp³-hybridized carbons (Fsp3) is 0.125. The van der Waals surface area contributed by atoms with Gasteiger partial charge in [-0.05, 0) is 29.8 Å². The van der Waals surface area contributed by atoms with Gasteiger partial charge in [0.15, 0.2) is 9.90 Å². The molecule has 0 saturated carbocycles. The molecule has 1 aromatic heterocycles. The van der Waals surface area contributed by atoms with Crippen LogP contribution in [-0.4, -0.2) is 33.0 Å². The molecule has 0 aliphatic rings. The molecule has 6 nitrogen and oxygen atoms in total. The molecule has 0 spiro atoms. The summed E-state index contributed by atoms with van der Waals surface area (Å²) in [7, 11) is 0. The molecular weight excluding hydrogens is 363 g/mol. The molecule has 3 rings (SSSR count). The molecule has 9 heteroatoms. The van der Waals surface area contributed by atoms with Crippen LogP contribution in [0.2, 0.25) is 0 Å². The Morgan fingerprint density at radius 1 is 1.20 bits per heavy atom. The van der Waals surface area contributed by atoms with Gasteiger partial charge in [-0.1, -0.05) is 29.5 Å². The number of halogens is 1. The van der Waals surface area contributed by atoms with Crippen LogP contribution < -0.4 is 10.5 Å². The topological polar surface area (TPSA) is 107 Å². The quantitative estimate of drug-likeness (QED) is 0.568. The maximum Gasteiger partial charge on any atom is 0.203 e. The summed E-state index contributed by atoms with van der Waals surface area (Å²) in [5.74, 6) is -0.461. The van der Waals surface area contributed by atoms with Crippen molar-refractivity contribution in [2.45, 2.75) is 4.90 Å². The third-order valence-electron chi connectivity index (χ3n) is 3.38. The number of aromatic nitrogens is 2. The van der Waals surface area contributed by atoms with Gasteiger partial charge in [0, 0.05) is 11.1 Å². The van der Waals surface area contributed by atoms with Gasteiger partial charge in [-0.15, -0.1) is 14.9 Å². The fourth-order valence-electron chi connectivity index (χ4n) is 2.28. The molecule has 130 valence electrons. The van der Waals surface area contributed by atoms with E-state index in [4.69, 9.17) is 10.8 Å². The third-order valence-corrected chi connectivity index (χ3v) is 5.39. The zero-order chi connectivity index (χ0) is 17.8. The predicted octanol–water partition coefficient (Wildman–Crippen LogP) is 2.20. The van der Waals surface area contributed by atoms with Crippen LogP contribution in [0, 0.1) is 5.82 Å². The second kappa shape index (κ2) is 7.89. The molecule has 1 unspecified atom stereocenters. The van der Waals surface area contributed by atoms with Crippen molar-refractivity contribution >= 4 is 27.8 Å². The summed E-state index contributed by atoms with van der Waals surface area (Å²) in [5, 5.41) is 17.1. The molecule has 2 aromatic carbocycles. The standard InChI is InChI=1S/C16H15FN4O2S2/c17-13-9-10(5-6-12(13)15-20-21-16(18)24-15)11-3-1-2-4-14(11)25(23)19-7-8-22/h1-6,9,19,22H,7-8H2,(H2,18,21). The van der Waals surface area contributed by atoms with Gasteiger partial charge in [0.05, 0.1) is 24.5 Å². The van der Waals surface area contributed by atoms with Crippen molar-refractivity contribution in [3.8, 4) is 21.7 Å². The number of nitrogens with zero attached hydrogens (tertiary/aromatic N) is 2. The predicted molar refractivity (Wildman–Crippen MR) is 96.6 cm³/mol. The van der Waals surface area contributed by atoms with Crippen LogP contribution in [0.5, 0.6) is 0 Å². The average molecular weight is 378 g/mol. The van der Waals surface area contributed by atoms with Gasteiger partial charge < -0.3 is 15.4 Å². The largest absolute Gasteiger partial charge is 0.593 e.